The lowest BCUT2D eigenvalue weighted by Crippen LogP contribution is -2.30. The number of fused-ring (bicyclic) bond motifs is 1. The Morgan fingerprint density at radius 1 is 1.14 bits per heavy atom. The quantitative estimate of drug-likeness (QED) is 0.555. The van der Waals surface area contributed by atoms with E-state index in [4.69, 9.17) is 0 Å². The molecule has 4 rings (SSSR count). The molecule has 0 radical (unpaired) electrons. The van der Waals surface area contributed by atoms with E-state index in [0.717, 1.165) is 10.2 Å². The van der Waals surface area contributed by atoms with Gasteiger partial charge in [-0.1, -0.05) is 18.2 Å². The summed E-state index contributed by atoms with van der Waals surface area (Å²) in [5, 5.41) is 7.92. The number of hydrogen-bond donors (Lipinski definition) is 1. The van der Waals surface area contributed by atoms with Crippen molar-refractivity contribution in [2.45, 2.75) is 20.4 Å². The van der Waals surface area contributed by atoms with Crippen molar-refractivity contribution in [3.63, 3.8) is 0 Å². The van der Waals surface area contributed by atoms with Gasteiger partial charge in [0.1, 0.15) is 18.1 Å². The Balaban J connectivity index is 1.75. The third kappa shape index (κ3) is 3.79. The van der Waals surface area contributed by atoms with Crippen molar-refractivity contribution in [2.24, 2.45) is 0 Å². The van der Waals surface area contributed by atoms with Crippen molar-refractivity contribution in [2.75, 3.05) is 5.32 Å². The van der Waals surface area contributed by atoms with E-state index in [1.165, 1.54) is 23.5 Å². The second kappa shape index (κ2) is 7.56. The molecular weight excluding hydrogens is 391 g/mol. The van der Waals surface area contributed by atoms with Crippen LogP contribution in [0.5, 0.6) is 0 Å². The molecule has 0 bridgehead atoms. The zero-order valence-corrected chi connectivity index (χ0v) is 16.6. The molecule has 0 saturated carbocycles. The van der Waals surface area contributed by atoms with Crippen LogP contribution in [0, 0.1) is 19.7 Å². The number of halogens is 1. The smallest absolute Gasteiger partial charge is 0.294 e. The Bertz CT molecular complexity index is 1280. The van der Waals surface area contributed by atoms with Crippen LogP contribution in [0.3, 0.4) is 0 Å². The SMILES string of the molecule is Cc1nc2c(=O)n(CC(=O)Nc3ccccc3C)nc(-c3ccc(F)cc3)c2s1. The van der Waals surface area contributed by atoms with Crippen molar-refractivity contribution >= 4 is 33.1 Å². The lowest BCUT2D eigenvalue weighted by Gasteiger charge is -2.10. The van der Waals surface area contributed by atoms with Crippen LogP contribution in [-0.2, 0) is 11.3 Å². The van der Waals surface area contributed by atoms with E-state index in [1.807, 2.05) is 25.1 Å². The Kier molecular flexibility index (Phi) is 4.94. The summed E-state index contributed by atoms with van der Waals surface area (Å²) in [6.07, 6.45) is 0. The maximum absolute atomic E-state index is 13.3. The van der Waals surface area contributed by atoms with E-state index >= 15 is 0 Å². The predicted octanol–water partition coefficient (Wildman–Crippen LogP) is 3.91. The van der Waals surface area contributed by atoms with Gasteiger partial charge >= 0.3 is 0 Å². The molecule has 0 unspecified atom stereocenters. The molecule has 0 saturated heterocycles. The van der Waals surface area contributed by atoms with Crippen molar-refractivity contribution in [3.05, 3.63) is 75.3 Å². The first-order valence-electron chi connectivity index (χ1n) is 8.92. The summed E-state index contributed by atoms with van der Waals surface area (Å²) in [4.78, 5) is 29.7. The maximum Gasteiger partial charge on any atom is 0.294 e. The molecule has 1 N–H and O–H groups in total. The number of benzene rings is 2. The number of hydrogen-bond acceptors (Lipinski definition) is 5. The van der Waals surface area contributed by atoms with Crippen molar-refractivity contribution < 1.29 is 9.18 Å². The van der Waals surface area contributed by atoms with E-state index in [9.17, 15) is 14.0 Å². The second-order valence-electron chi connectivity index (χ2n) is 6.59. The molecule has 29 heavy (non-hydrogen) atoms. The summed E-state index contributed by atoms with van der Waals surface area (Å²) in [7, 11) is 0. The van der Waals surface area contributed by atoms with E-state index in [2.05, 4.69) is 15.4 Å². The van der Waals surface area contributed by atoms with Gasteiger partial charge in [0.05, 0.1) is 9.71 Å². The van der Waals surface area contributed by atoms with Gasteiger partial charge in [-0.05, 0) is 49.7 Å². The zero-order chi connectivity index (χ0) is 20.5. The van der Waals surface area contributed by atoms with E-state index in [-0.39, 0.29) is 23.8 Å². The second-order valence-corrected chi connectivity index (χ2v) is 7.80. The minimum Gasteiger partial charge on any atom is -0.324 e. The lowest BCUT2D eigenvalue weighted by molar-refractivity contribution is -0.117. The fourth-order valence-electron chi connectivity index (χ4n) is 3.01. The van der Waals surface area contributed by atoms with Crippen molar-refractivity contribution in [1.29, 1.82) is 0 Å². The van der Waals surface area contributed by atoms with Crippen LogP contribution >= 0.6 is 11.3 Å². The molecule has 2 heterocycles. The third-order valence-electron chi connectivity index (χ3n) is 4.44. The molecule has 0 aliphatic rings. The predicted molar refractivity (Wildman–Crippen MR) is 112 cm³/mol. The molecule has 4 aromatic rings. The first-order chi connectivity index (χ1) is 13.9. The van der Waals surface area contributed by atoms with E-state index in [0.29, 0.717) is 26.7 Å². The summed E-state index contributed by atoms with van der Waals surface area (Å²) in [5.74, 6) is -0.735. The minimum absolute atomic E-state index is 0.255. The summed E-state index contributed by atoms with van der Waals surface area (Å²) in [5.41, 5.74) is 2.55. The van der Waals surface area contributed by atoms with Gasteiger partial charge in [-0.3, -0.25) is 9.59 Å². The molecule has 8 heteroatoms. The van der Waals surface area contributed by atoms with Gasteiger partial charge in [0.15, 0.2) is 5.52 Å². The van der Waals surface area contributed by atoms with Crippen LogP contribution in [-0.4, -0.2) is 20.7 Å². The fourth-order valence-corrected chi connectivity index (χ4v) is 3.93. The van der Waals surface area contributed by atoms with E-state index in [1.54, 1.807) is 25.1 Å². The molecule has 1 amide bonds. The highest BCUT2D eigenvalue weighted by molar-refractivity contribution is 7.19. The highest BCUT2D eigenvalue weighted by Gasteiger charge is 2.18. The molecule has 2 aromatic carbocycles. The number of carbonyl (C=O) groups excluding carboxylic acids is 1. The lowest BCUT2D eigenvalue weighted by atomic mass is 10.1. The van der Waals surface area contributed by atoms with Crippen molar-refractivity contribution in [1.82, 2.24) is 14.8 Å². The van der Waals surface area contributed by atoms with Gasteiger partial charge < -0.3 is 5.32 Å². The van der Waals surface area contributed by atoms with Gasteiger partial charge in [-0.2, -0.15) is 5.10 Å². The number of nitrogens with zero attached hydrogens (tertiary/aromatic N) is 3. The van der Waals surface area contributed by atoms with Crippen LogP contribution in [0.4, 0.5) is 10.1 Å². The van der Waals surface area contributed by atoms with Gasteiger partial charge in [-0.25, -0.2) is 14.1 Å². The van der Waals surface area contributed by atoms with Crippen LogP contribution in [0.2, 0.25) is 0 Å². The number of anilines is 1. The normalized spacial score (nSPS) is 11.0. The third-order valence-corrected chi connectivity index (χ3v) is 5.41. The minimum atomic E-state index is -0.435. The Hall–Kier alpha value is -3.39. The molecule has 0 aliphatic carbocycles. The van der Waals surface area contributed by atoms with Crippen LogP contribution in [0.15, 0.2) is 53.3 Å². The number of thiazole rings is 1. The Morgan fingerprint density at radius 2 is 1.86 bits per heavy atom. The summed E-state index contributed by atoms with van der Waals surface area (Å²) in [6, 6.07) is 13.2. The summed E-state index contributed by atoms with van der Waals surface area (Å²) < 4.78 is 15.1. The van der Waals surface area contributed by atoms with E-state index < -0.39 is 5.56 Å². The molecule has 6 nitrogen and oxygen atoms in total. The largest absolute Gasteiger partial charge is 0.324 e. The standard InChI is InChI=1S/C21H17FN4O2S/c1-12-5-3-4-6-16(12)24-17(27)11-26-21(28)19-20(29-13(2)23-19)18(25-26)14-7-9-15(22)10-8-14/h3-10H,11H2,1-2H3,(H,24,27). The average molecular weight is 408 g/mol. The molecular formula is C21H17FN4O2S. The van der Waals surface area contributed by atoms with Crippen LogP contribution in [0.1, 0.15) is 10.6 Å². The van der Waals surface area contributed by atoms with Gasteiger partial charge in [0.25, 0.3) is 5.56 Å². The zero-order valence-electron chi connectivity index (χ0n) is 15.8. The topological polar surface area (TPSA) is 76.9 Å². The molecule has 0 aliphatic heterocycles. The summed E-state index contributed by atoms with van der Waals surface area (Å²) in [6.45, 7) is 3.43. The van der Waals surface area contributed by atoms with Gasteiger partial charge in [0.2, 0.25) is 5.91 Å². The Labute approximate surface area is 169 Å². The molecule has 0 fully saturated rings. The number of nitrogens with one attached hydrogen (secondary N) is 1. The monoisotopic (exact) mass is 408 g/mol. The number of rotatable bonds is 4. The molecule has 146 valence electrons. The maximum atomic E-state index is 13.3. The number of para-hydroxylation sites is 1. The Morgan fingerprint density at radius 3 is 2.59 bits per heavy atom. The van der Waals surface area contributed by atoms with Crippen molar-refractivity contribution in [3.8, 4) is 11.3 Å². The number of carbonyl (C=O) groups is 1. The van der Waals surface area contributed by atoms with Crippen LogP contribution in [0.25, 0.3) is 21.5 Å². The molecule has 0 spiro atoms. The first-order valence-corrected chi connectivity index (χ1v) is 9.73. The fraction of sp³-hybridized carbons (Fsp3) is 0.143. The van der Waals surface area contributed by atoms with Crippen LogP contribution < -0.4 is 10.9 Å². The van der Waals surface area contributed by atoms with Gasteiger partial charge in [-0.15, -0.1) is 11.3 Å². The summed E-state index contributed by atoms with van der Waals surface area (Å²) >= 11 is 1.34. The van der Waals surface area contributed by atoms with Gasteiger partial charge in [0, 0.05) is 11.3 Å². The number of aryl methyl sites for hydroxylation is 2. The first kappa shape index (κ1) is 18.9. The molecule has 0 atom stereocenters. The highest BCUT2D eigenvalue weighted by atomic mass is 32.1. The number of aromatic nitrogens is 3. The highest BCUT2D eigenvalue weighted by Crippen LogP contribution is 2.29. The molecule has 2 aromatic heterocycles. The number of amides is 1. The average Bonchev–Trinajstić information content (AvgIpc) is 3.09.